The minimum Gasteiger partial charge on any atom is -0.481 e. The Morgan fingerprint density at radius 2 is 2.28 bits per heavy atom. The van der Waals surface area contributed by atoms with Gasteiger partial charge in [-0.1, -0.05) is 17.7 Å². The average Bonchev–Trinajstić information content (AvgIpc) is 2.81. The predicted molar refractivity (Wildman–Crippen MR) is 65.0 cm³/mol. The monoisotopic (exact) mass is 269 g/mol. The Morgan fingerprint density at radius 1 is 1.50 bits per heavy atom. The van der Waals surface area contributed by atoms with Crippen molar-refractivity contribution in [3.05, 3.63) is 23.4 Å². The summed E-state index contributed by atoms with van der Waals surface area (Å²) in [6, 6.07) is 1.59. The number of H-pyrrole nitrogens is 1. The van der Waals surface area contributed by atoms with E-state index in [1.54, 1.807) is 12.1 Å². The summed E-state index contributed by atoms with van der Waals surface area (Å²) in [5.41, 5.74) is 0. The van der Waals surface area contributed by atoms with Gasteiger partial charge in [0.05, 0.1) is 18.0 Å². The molecule has 1 aliphatic rings. The molecule has 1 aromatic heterocycles. The van der Waals surface area contributed by atoms with Gasteiger partial charge in [0.25, 0.3) is 0 Å². The van der Waals surface area contributed by atoms with Crippen molar-refractivity contribution < 1.29 is 14.7 Å². The van der Waals surface area contributed by atoms with Gasteiger partial charge in [0.2, 0.25) is 5.91 Å². The number of amides is 1. The summed E-state index contributed by atoms with van der Waals surface area (Å²) in [6.07, 6.45) is 3.67. The Hall–Kier alpha value is -1.82. The van der Waals surface area contributed by atoms with Crippen LogP contribution in [0.5, 0.6) is 0 Å². The molecule has 0 spiro atoms. The van der Waals surface area contributed by atoms with Crippen molar-refractivity contribution in [1.82, 2.24) is 10.2 Å². The third-order valence-corrected chi connectivity index (χ3v) is 3.22. The first-order valence-corrected chi connectivity index (χ1v) is 5.83. The summed E-state index contributed by atoms with van der Waals surface area (Å²) >= 11 is 5.88. The van der Waals surface area contributed by atoms with Gasteiger partial charge in [-0.25, -0.2) is 0 Å². The van der Waals surface area contributed by atoms with E-state index in [0.29, 0.717) is 10.9 Å². The normalized spacial score (nSPS) is 23.3. The number of carboxylic acids is 1. The fourth-order valence-electron chi connectivity index (χ4n) is 1.95. The Morgan fingerprint density at radius 3 is 2.89 bits per heavy atom. The molecule has 0 saturated carbocycles. The molecular formula is C11H12ClN3O3. The Kier molecular flexibility index (Phi) is 3.66. The molecule has 2 rings (SSSR count). The number of halogens is 1. The van der Waals surface area contributed by atoms with Crippen molar-refractivity contribution in [2.45, 2.75) is 12.8 Å². The van der Waals surface area contributed by atoms with Crippen LogP contribution in [0, 0.1) is 11.8 Å². The van der Waals surface area contributed by atoms with Crippen LogP contribution in [0.3, 0.4) is 0 Å². The van der Waals surface area contributed by atoms with Crippen molar-refractivity contribution in [1.29, 1.82) is 0 Å². The summed E-state index contributed by atoms with van der Waals surface area (Å²) in [5, 5.41) is 18.5. The number of rotatable bonds is 3. The topological polar surface area (TPSA) is 95.1 Å². The Bertz CT molecular complexity index is 484. The van der Waals surface area contributed by atoms with Crippen LogP contribution >= 0.6 is 11.6 Å². The first-order valence-electron chi connectivity index (χ1n) is 5.45. The maximum Gasteiger partial charge on any atom is 0.307 e. The van der Waals surface area contributed by atoms with E-state index in [2.05, 4.69) is 15.5 Å². The first kappa shape index (κ1) is 12.6. The maximum atomic E-state index is 12.0. The first-order chi connectivity index (χ1) is 8.58. The van der Waals surface area contributed by atoms with E-state index in [9.17, 15) is 9.59 Å². The zero-order chi connectivity index (χ0) is 13.1. The minimum atomic E-state index is -0.986. The van der Waals surface area contributed by atoms with E-state index in [1.165, 1.54) is 6.20 Å². The number of hydrogen-bond donors (Lipinski definition) is 3. The van der Waals surface area contributed by atoms with Crippen LogP contribution in [0.2, 0.25) is 0 Å². The van der Waals surface area contributed by atoms with Gasteiger partial charge in [-0.05, 0) is 12.8 Å². The van der Waals surface area contributed by atoms with Crippen LogP contribution in [-0.2, 0) is 9.59 Å². The number of nitrogens with one attached hydrogen (secondary N) is 2. The van der Waals surface area contributed by atoms with Crippen molar-refractivity contribution in [3.8, 4) is 0 Å². The third kappa shape index (κ3) is 2.70. The van der Waals surface area contributed by atoms with Gasteiger partial charge in [-0.3, -0.25) is 14.7 Å². The number of nitrogens with zero attached hydrogens (tertiary/aromatic N) is 1. The van der Waals surface area contributed by atoms with E-state index < -0.39 is 17.8 Å². The van der Waals surface area contributed by atoms with Crippen LogP contribution in [0.15, 0.2) is 23.4 Å². The highest BCUT2D eigenvalue weighted by Crippen LogP contribution is 2.32. The molecule has 3 N–H and O–H groups in total. The molecule has 0 fully saturated rings. The molecule has 1 amide bonds. The number of carbonyl (C=O) groups is 2. The number of aromatic amines is 1. The van der Waals surface area contributed by atoms with Crippen LogP contribution in [0.1, 0.15) is 12.8 Å². The number of aliphatic carboxylic acids is 1. The quantitative estimate of drug-likeness (QED) is 0.776. The summed E-state index contributed by atoms with van der Waals surface area (Å²) in [4.78, 5) is 23.1. The Balaban J connectivity index is 2.11. The fourth-order valence-corrected chi connectivity index (χ4v) is 2.21. The van der Waals surface area contributed by atoms with Gasteiger partial charge in [0.15, 0.2) is 0 Å². The van der Waals surface area contributed by atoms with Gasteiger partial charge in [0, 0.05) is 11.1 Å². The smallest absolute Gasteiger partial charge is 0.307 e. The lowest BCUT2D eigenvalue weighted by Crippen LogP contribution is -2.35. The lowest BCUT2D eigenvalue weighted by atomic mass is 9.82. The van der Waals surface area contributed by atoms with Gasteiger partial charge in [0.1, 0.15) is 5.82 Å². The largest absolute Gasteiger partial charge is 0.481 e. The second-order valence-electron chi connectivity index (χ2n) is 4.10. The number of carboxylic acid groups (broad SMARTS) is 1. The molecule has 0 aromatic carbocycles. The van der Waals surface area contributed by atoms with Crippen molar-refractivity contribution >= 4 is 29.3 Å². The standard InChI is InChI=1S/C11H12ClN3O3/c12-6-1-2-7(11(17)18)8(5-6)10(16)14-9-3-4-13-15-9/h1,3-4,7-8H,2,5H2,(H,17,18)(H2,13,14,15,16)/t7-,8+/m1/s1. The summed E-state index contributed by atoms with van der Waals surface area (Å²) in [7, 11) is 0. The number of anilines is 1. The average molecular weight is 270 g/mol. The molecule has 0 radical (unpaired) electrons. The predicted octanol–water partition coefficient (Wildman–Crippen LogP) is 1.58. The summed E-state index contributed by atoms with van der Waals surface area (Å²) < 4.78 is 0. The van der Waals surface area contributed by atoms with Gasteiger partial charge in [-0.2, -0.15) is 5.10 Å². The molecule has 7 heteroatoms. The van der Waals surface area contributed by atoms with E-state index in [0.717, 1.165) is 0 Å². The van der Waals surface area contributed by atoms with Crippen LogP contribution in [0.25, 0.3) is 0 Å². The highest BCUT2D eigenvalue weighted by Gasteiger charge is 2.36. The van der Waals surface area contributed by atoms with E-state index in [-0.39, 0.29) is 18.7 Å². The number of carbonyl (C=O) groups excluding carboxylic acids is 1. The molecule has 18 heavy (non-hydrogen) atoms. The van der Waals surface area contributed by atoms with Crippen LogP contribution in [-0.4, -0.2) is 27.2 Å². The summed E-state index contributed by atoms with van der Waals surface area (Å²) in [6.45, 7) is 0. The number of allylic oxidation sites excluding steroid dienone is 2. The molecule has 2 atom stereocenters. The Labute approximate surface area is 108 Å². The molecule has 0 saturated heterocycles. The fraction of sp³-hybridized carbons (Fsp3) is 0.364. The number of aromatic nitrogens is 2. The zero-order valence-electron chi connectivity index (χ0n) is 9.39. The maximum absolute atomic E-state index is 12.0. The second kappa shape index (κ2) is 5.22. The van der Waals surface area contributed by atoms with E-state index >= 15 is 0 Å². The van der Waals surface area contributed by atoms with Gasteiger partial charge >= 0.3 is 5.97 Å². The van der Waals surface area contributed by atoms with Crippen LogP contribution < -0.4 is 5.32 Å². The molecule has 1 heterocycles. The zero-order valence-corrected chi connectivity index (χ0v) is 10.1. The van der Waals surface area contributed by atoms with Crippen molar-refractivity contribution in [2.75, 3.05) is 5.32 Å². The van der Waals surface area contributed by atoms with Crippen LogP contribution in [0.4, 0.5) is 5.82 Å². The molecule has 1 aromatic rings. The molecule has 0 bridgehead atoms. The second-order valence-corrected chi connectivity index (χ2v) is 4.59. The molecule has 0 unspecified atom stereocenters. The SMILES string of the molecule is O=C(Nc1ccn[nH]1)[C@H]1CC(Cl)=CC[C@H]1C(=O)O. The molecular weight excluding hydrogens is 258 g/mol. The van der Waals surface area contributed by atoms with Gasteiger partial charge < -0.3 is 10.4 Å². The van der Waals surface area contributed by atoms with Crippen molar-refractivity contribution in [3.63, 3.8) is 0 Å². The highest BCUT2D eigenvalue weighted by atomic mass is 35.5. The molecule has 0 aliphatic heterocycles. The van der Waals surface area contributed by atoms with E-state index in [1.807, 2.05) is 0 Å². The van der Waals surface area contributed by atoms with Crippen molar-refractivity contribution in [2.24, 2.45) is 11.8 Å². The summed E-state index contributed by atoms with van der Waals surface area (Å²) in [5.74, 6) is -2.31. The molecule has 6 nitrogen and oxygen atoms in total. The lowest BCUT2D eigenvalue weighted by molar-refractivity contribution is -0.146. The van der Waals surface area contributed by atoms with E-state index in [4.69, 9.17) is 16.7 Å². The molecule has 96 valence electrons. The van der Waals surface area contributed by atoms with Gasteiger partial charge in [-0.15, -0.1) is 0 Å². The number of hydrogen-bond acceptors (Lipinski definition) is 3. The molecule has 1 aliphatic carbocycles. The third-order valence-electron chi connectivity index (χ3n) is 2.91. The minimum absolute atomic E-state index is 0.249. The highest BCUT2D eigenvalue weighted by molar-refractivity contribution is 6.29. The lowest BCUT2D eigenvalue weighted by Gasteiger charge is -2.25.